The van der Waals surface area contributed by atoms with Gasteiger partial charge < -0.3 is 20.5 Å². The van der Waals surface area contributed by atoms with Crippen LogP contribution in [-0.2, 0) is 12.1 Å². The zero-order valence-corrected chi connectivity index (χ0v) is 16.4. The Kier molecular flexibility index (Phi) is 3.56. The molecular weight excluding hydrogens is 395 g/mol. The summed E-state index contributed by atoms with van der Waals surface area (Å²) >= 11 is 5.93. The fourth-order valence-corrected chi connectivity index (χ4v) is 5.00. The van der Waals surface area contributed by atoms with Crippen molar-refractivity contribution in [1.82, 2.24) is 30.7 Å². The van der Waals surface area contributed by atoms with Gasteiger partial charge in [-0.1, -0.05) is 17.7 Å². The molecule has 0 bridgehead atoms. The van der Waals surface area contributed by atoms with Gasteiger partial charge in [-0.15, -0.1) is 0 Å². The van der Waals surface area contributed by atoms with Gasteiger partial charge in [0.15, 0.2) is 5.82 Å². The monoisotopic (exact) mass is 414 g/mol. The van der Waals surface area contributed by atoms with Crippen LogP contribution in [0.1, 0.15) is 30.5 Å². The van der Waals surface area contributed by atoms with E-state index in [-0.39, 0.29) is 22.6 Å². The highest BCUT2D eigenvalue weighted by atomic mass is 35.5. The van der Waals surface area contributed by atoms with E-state index in [0.29, 0.717) is 12.1 Å². The van der Waals surface area contributed by atoms with Crippen LogP contribution in [0.2, 0.25) is 5.02 Å². The van der Waals surface area contributed by atoms with E-state index in [1.54, 1.807) is 12.1 Å². The van der Waals surface area contributed by atoms with Crippen molar-refractivity contribution in [3.05, 3.63) is 40.3 Å². The molecule has 0 atom stereocenters. The maximum Gasteiger partial charge on any atom is 0.318 e. The lowest BCUT2D eigenvalue weighted by atomic mass is 9.71. The Bertz CT molecular complexity index is 1150. The molecule has 1 saturated carbocycles. The highest BCUT2D eigenvalue weighted by Crippen LogP contribution is 2.54. The van der Waals surface area contributed by atoms with E-state index in [2.05, 4.69) is 25.8 Å². The zero-order valence-electron chi connectivity index (χ0n) is 15.6. The predicted molar refractivity (Wildman–Crippen MR) is 107 cm³/mol. The van der Waals surface area contributed by atoms with Crippen molar-refractivity contribution >= 4 is 28.5 Å². The first kappa shape index (κ1) is 17.3. The Hall–Kier alpha value is -2.58. The molecule has 3 aromatic rings. The van der Waals surface area contributed by atoms with Crippen molar-refractivity contribution in [1.29, 1.82) is 0 Å². The first-order chi connectivity index (χ1) is 14.1. The number of hydrogen-bond acceptors (Lipinski definition) is 3. The van der Waals surface area contributed by atoms with Crippen molar-refractivity contribution < 1.29 is 9.18 Å². The van der Waals surface area contributed by atoms with Crippen molar-refractivity contribution in [2.75, 3.05) is 13.1 Å². The van der Waals surface area contributed by atoms with Crippen LogP contribution in [0.4, 0.5) is 9.18 Å². The molecule has 2 aromatic heterocycles. The largest absolute Gasteiger partial charge is 0.351 e. The minimum Gasteiger partial charge on any atom is -0.351 e. The maximum absolute atomic E-state index is 14.4. The molecule has 29 heavy (non-hydrogen) atoms. The number of nitrogens with zero attached hydrogens (tertiary/aromatic N) is 2. The fourth-order valence-electron chi connectivity index (χ4n) is 4.84. The Labute approximate surface area is 171 Å². The molecule has 1 aliphatic carbocycles. The van der Waals surface area contributed by atoms with Crippen molar-refractivity contribution in [3.8, 4) is 11.4 Å². The van der Waals surface area contributed by atoms with E-state index in [1.807, 2.05) is 11.0 Å². The summed E-state index contributed by atoms with van der Waals surface area (Å²) in [5.41, 5.74) is 3.54. The average molecular weight is 415 g/mol. The summed E-state index contributed by atoms with van der Waals surface area (Å²) in [7, 11) is 0. The lowest BCUT2D eigenvalue weighted by Gasteiger charge is -2.47. The van der Waals surface area contributed by atoms with Crippen LogP contribution in [0, 0.1) is 5.82 Å². The summed E-state index contributed by atoms with van der Waals surface area (Å²) in [5, 5.41) is 14.8. The van der Waals surface area contributed by atoms with Crippen LogP contribution < -0.4 is 10.6 Å². The van der Waals surface area contributed by atoms with Crippen LogP contribution in [0.25, 0.3) is 22.3 Å². The molecule has 3 aliphatic rings. The summed E-state index contributed by atoms with van der Waals surface area (Å²) in [6.07, 6.45) is 2.88. The average Bonchev–Trinajstić information content (AvgIpc) is 3.31. The molecule has 1 spiro atoms. The number of aromatic nitrogens is 3. The SMILES string of the molecule is O=C(NC1CNC1)N1Cc2[nH]nc(-c3cc4ccc(Cl)c(F)c4[nH]3)c2C12CCC2. The van der Waals surface area contributed by atoms with Crippen LogP contribution >= 0.6 is 11.6 Å². The Morgan fingerprint density at radius 3 is 2.86 bits per heavy atom. The van der Waals surface area contributed by atoms with Gasteiger partial charge in [-0.05, 0) is 31.4 Å². The third-order valence-corrected chi connectivity index (χ3v) is 6.91. The molecule has 0 unspecified atom stereocenters. The van der Waals surface area contributed by atoms with Gasteiger partial charge in [0, 0.05) is 24.0 Å². The van der Waals surface area contributed by atoms with Gasteiger partial charge in [-0.25, -0.2) is 9.18 Å². The van der Waals surface area contributed by atoms with Gasteiger partial charge in [0.1, 0.15) is 5.69 Å². The van der Waals surface area contributed by atoms with E-state index in [4.69, 9.17) is 11.6 Å². The van der Waals surface area contributed by atoms with Gasteiger partial charge in [-0.2, -0.15) is 5.10 Å². The van der Waals surface area contributed by atoms with Crippen molar-refractivity contribution in [2.24, 2.45) is 0 Å². The van der Waals surface area contributed by atoms with E-state index < -0.39 is 5.82 Å². The molecule has 2 fully saturated rings. The molecule has 4 heterocycles. The number of rotatable bonds is 2. The summed E-state index contributed by atoms with van der Waals surface area (Å²) in [6, 6.07) is 5.40. The second-order valence-corrected chi connectivity index (χ2v) is 8.62. The molecule has 2 aliphatic heterocycles. The highest BCUT2D eigenvalue weighted by Gasteiger charge is 2.54. The van der Waals surface area contributed by atoms with Gasteiger partial charge >= 0.3 is 6.03 Å². The molecule has 2 amide bonds. The van der Waals surface area contributed by atoms with Crippen LogP contribution in [-0.4, -0.2) is 45.2 Å². The second kappa shape index (κ2) is 5.96. The third kappa shape index (κ3) is 2.33. The predicted octanol–water partition coefficient (Wildman–Crippen LogP) is 3.23. The molecule has 1 saturated heterocycles. The quantitative estimate of drug-likeness (QED) is 0.519. The second-order valence-electron chi connectivity index (χ2n) is 8.21. The first-order valence-electron chi connectivity index (χ1n) is 9.90. The molecule has 7 nitrogen and oxygen atoms in total. The Balaban J connectivity index is 1.41. The molecule has 1 aromatic carbocycles. The number of benzene rings is 1. The van der Waals surface area contributed by atoms with E-state index >= 15 is 0 Å². The van der Waals surface area contributed by atoms with Gasteiger partial charge in [-0.3, -0.25) is 5.10 Å². The summed E-state index contributed by atoms with van der Waals surface area (Å²) in [4.78, 5) is 18.1. The van der Waals surface area contributed by atoms with Crippen LogP contribution in [0.15, 0.2) is 18.2 Å². The number of nitrogens with one attached hydrogen (secondary N) is 4. The Morgan fingerprint density at radius 1 is 1.34 bits per heavy atom. The number of amides is 2. The van der Waals surface area contributed by atoms with E-state index in [1.165, 1.54) is 0 Å². The number of fused-ring (bicyclic) bond motifs is 3. The number of hydrogen-bond donors (Lipinski definition) is 4. The molecule has 4 N–H and O–H groups in total. The number of urea groups is 1. The molecule has 6 rings (SSSR count). The van der Waals surface area contributed by atoms with Crippen LogP contribution in [0.5, 0.6) is 0 Å². The lowest BCUT2D eigenvalue weighted by Crippen LogP contribution is -2.61. The fraction of sp³-hybridized carbons (Fsp3) is 0.400. The molecule has 0 radical (unpaired) electrons. The highest BCUT2D eigenvalue weighted by molar-refractivity contribution is 6.31. The molecule has 9 heteroatoms. The van der Waals surface area contributed by atoms with Crippen molar-refractivity contribution in [2.45, 2.75) is 37.4 Å². The third-order valence-electron chi connectivity index (χ3n) is 6.62. The number of halogens is 2. The lowest BCUT2D eigenvalue weighted by molar-refractivity contribution is 0.0534. The van der Waals surface area contributed by atoms with Crippen LogP contribution in [0.3, 0.4) is 0 Å². The number of aromatic amines is 2. The Morgan fingerprint density at radius 2 is 2.17 bits per heavy atom. The summed E-state index contributed by atoms with van der Waals surface area (Å²) in [5.74, 6) is -0.462. The van der Waals surface area contributed by atoms with Gasteiger partial charge in [0.2, 0.25) is 0 Å². The summed E-state index contributed by atoms with van der Waals surface area (Å²) in [6.45, 7) is 2.14. The molecular formula is C20H20ClFN6O. The topological polar surface area (TPSA) is 88.8 Å². The van der Waals surface area contributed by atoms with E-state index in [0.717, 1.165) is 60.4 Å². The summed E-state index contributed by atoms with van der Waals surface area (Å²) < 4.78 is 14.4. The smallest absolute Gasteiger partial charge is 0.318 e. The number of H-pyrrole nitrogens is 2. The maximum atomic E-state index is 14.4. The van der Waals surface area contributed by atoms with E-state index in [9.17, 15) is 9.18 Å². The molecule has 150 valence electrons. The first-order valence-corrected chi connectivity index (χ1v) is 10.3. The zero-order chi connectivity index (χ0) is 19.8. The van der Waals surface area contributed by atoms with Gasteiger partial charge in [0.25, 0.3) is 0 Å². The normalized spacial score (nSPS) is 20.0. The van der Waals surface area contributed by atoms with Gasteiger partial charge in [0.05, 0.1) is 40.1 Å². The van der Waals surface area contributed by atoms with Crippen molar-refractivity contribution in [3.63, 3.8) is 0 Å². The minimum atomic E-state index is -0.462. The minimum absolute atomic E-state index is 0.0266. The standard InChI is InChI=1S/C20H20ClFN6O/c21-12-3-2-10-6-13(25-17(10)16(12)22)18-15-14(26-27-18)9-28(20(15)4-1-5-20)19(29)24-11-7-23-8-11/h2-3,6,11,23,25H,1,4-5,7-9H2,(H,24,29)(H,26,27). The number of carbonyl (C=O) groups is 1. The number of carbonyl (C=O) groups excluding carboxylic acids is 1.